The van der Waals surface area contributed by atoms with Crippen LogP contribution < -0.4 is 14.8 Å². The van der Waals surface area contributed by atoms with Gasteiger partial charge in [0.2, 0.25) is 0 Å². The normalized spacial score (nSPS) is 14.1. The van der Waals surface area contributed by atoms with Crippen molar-refractivity contribution in [1.82, 2.24) is 5.32 Å². The predicted octanol–water partition coefficient (Wildman–Crippen LogP) is 3.38. The number of fused-ring (bicyclic) bond motifs is 1. The zero-order valence-corrected chi connectivity index (χ0v) is 12.9. The molecule has 3 rings (SSSR count). The highest BCUT2D eigenvalue weighted by Crippen LogP contribution is 2.33. The number of ether oxygens (including phenoxy) is 2. The van der Waals surface area contributed by atoms with Crippen molar-refractivity contribution in [2.24, 2.45) is 0 Å². The van der Waals surface area contributed by atoms with Crippen molar-refractivity contribution < 1.29 is 9.47 Å². The van der Waals surface area contributed by atoms with Crippen molar-refractivity contribution in [3.05, 3.63) is 59.7 Å². The van der Waals surface area contributed by atoms with E-state index in [0.29, 0.717) is 13.2 Å². The molecule has 0 radical (unpaired) electrons. The summed E-state index contributed by atoms with van der Waals surface area (Å²) >= 11 is 0. The molecule has 0 aliphatic carbocycles. The van der Waals surface area contributed by atoms with Crippen molar-refractivity contribution in [2.75, 3.05) is 20.3 Å². The van der Waals surface area contributed by atoms with Gasteiger partial charge in [-0.05, 0) is 36.7 Å². The maximum Gasteiger partial charge on any atom is 0.161 e. The van der Waals surface area contributed by atoms with Crippen LogP contribution in [0.4, 0.5) is 0 Å². The van der Waals surface area contributed by atoms with E-state index in [9.17, 15) is 0 Å². The van der Waals surface area contributed by atoms with Crippen LogP contribution in [0.25, 0.3) is 0 Å². The summed E-state index contributed by atoms with van der Waals surface area (Å²) in [6.07, 6.45) is 0.955. The predicted molar refractivity (Wildman–Crippen MR) is 86.6 cm³/mol. The third kappa shape index (κ3) is 3.69. The van der Waals surface area contributed by atoms with Crippen molar-refractivity contribution in [2.45, 2.75) is 12.5 Å². The average molecular weight is 306 g/mol. The minimum Gasteiger partial charge on any atom is -0.486 e. The van der Waals surface area contributed by atoms with Gasteiger partial charge < -0.3 is 14.8 Å². The van der Waals surface area contributed by atoms with E-state index < -0.39 is 0 Å². The monoisotopic (exact) mass is 305 g/mol. The summed E-state index contributed by atoms with van der Waals surface area (Å²) in [7, 11) is 1.99. The van der Waals surface area contributed by atoms with Gasteiger partial charge in [0, 0.05) is 6.04 Å². The summed E-state index contributed by atoms with van der Waals surface area (Å²) in [5.74, 6) is 1.69. The van der Waals surface area contributed by atoms with Gasteiger partial charge in [-0.15, -0.1) is 12.4 Å². The molecule has 1 atom stereocenters. The van der Waals surface area contributed by atoms with Crippen LogP contribution in [0.5, 0.6) is 11.5 Å². The topological polar surface area (TPSA) is 30.5 Å². The van der Waals surface area contributed by atoms with E-state index in [0.717, 1.165) is 17.9 Å². The lowest BCUT2D eigenvalue weighted by atomic mass is 9.98. The third-order valence-corrected chi connectivity index (χ3v) is 3.60. The van der Waals surface area contributed by atoms with Crippen LogP contribution >= 0.6 is 12.4 Å². The molecule has 0 aromatic heterocycles. The molecule has 112 valence electrons. The van der Waals surface area contributed by atoms with E-state index >= 15 is 0 Å². The van der Waals surface area contributed by atoms with E-state index in [4.69, 9.17) is 9.47 Å². The first kappa shape index (κ1) is 15.7. The Labute approximate surface area is 131 Å². The number of rotatable bonds is 4. The zero-order valence-electron chi connectivity index (χ0n) is 12.0. The molecule has 0 saturated carbocycles. The Morgan fingerprint density at radius 2 is 1.71 bits per heavy atom. The summed E-state index contributed by atoms with van der Waals surface area (Å²) < 4.78 is 11.2. The fraction of sp³-hybridized carbons (Fsp3) is 0.294. The minimum absolute atomic E-state index is 0. The Kier molecular flexibility index (Phi) is 5.48. The van der Waals surface area contributed by atoms with Gasteiger partial charge in [-0.25, -0.2) is 0 Å². The second-order valence-electron chi connectivity index (χ2n) is 4.93. The first-order valence-electron chi connectivity index (χ1n) is 6.97. The maximum absolute atomic E-state index is 5.66. The molecular formula is C17H20ClNO2. The van der Waals surface area contributed by atoms with Crippen molar-refractivity contribution in [1.29, 1.82) is 0 Å². The number of nitrogens with one attached hydrogen (secondary N) is 1. The zero-order chi connectivity index (χ0) is 13.8. The fourth-order valence-corrected chi connectivity index (χ4v) is 2.51. The molecule has 1 unspecified atom stereocenters. The van der Waals surface area contributed by atoms with Gasteiger partial charge in [-0.3, -0.25) is 0 Å². The molecule has 0 amide bonds. The number of likely N-dealkylation sites (N-methyl/N-ethyl adjacent to an activating group) is 1. The highest BCUT2D eigenvalue weighted by Gasteiger charge is 2.16. The number of benzene rings is 2. The quantitative estimate of drug-likeness (QED) is 0.939. The molecule has 2 aromatic rings. The molecule has 0 fully saturated rings. The Bertz CT molecular complexity index is 574. The van der Waals surface area contributed by atoms with E-state index in [2.05, 4.69) is 41.7 Å². The van der Waals surface area contributed by atoms with Gasteiger partial charge in [0.1, 0.15) is 13.2 Å². The largest absolute Gasteiger partial charge is 0.486 e. The molecule has 21 heavy (non-hydrogen) atoms. The molecule has 3 nitrogen and oxygen atoms in total. The molecule has 2 aromatic carbocycles. The smallest absolute Gasteiger partial charge is 0.161 e. The lowest BCUT2D eigenvalue weighted by Gasteiger charge is -2.22. The van der Waals surface area contributed by atoms with Gasteiger partial charge in [-0.1, -0.05) is 36.4 Å². The molecule has 1 N–H and O–H groups in total. The summed E-state index contributed by atoms with van der Waals surface area (Å²) in [5, 5.41) is 3.38. The van der Waals surface area contributed by atoms with Crippen LogP contribution in [0.15, 0.2) is 48.5 Å². The first-order chi connectivity index (χ1) is 9.86. The minimum atomic E-state index is 0. The fourth-order valence-electron chi connectivity index (χ4n) is 2.51. The Morgan fingerprint density at radius 3 is 2.43 bits per heavy atom. The molecule has 1 heterocycles. The van der Waals surface area contributed by atoms with Gasteiger partial charge in [0.25, 0.3) is 0 Å². The van der Waals surface area contributed by atoms with Crippen LogP contribution in [0.2, 0.25) is 0 Å². The Hall–Kier alpha value is -1.71. The highest BCUT2D eigenvalue weighted by atomic mass is 35.5. The van der Waals surface area contributed by atoms with E-state index in [-0.39, 0.29) is 18.4 Å². The van der Waals surface area contributed by atoms with Gasteiger partial charge in [0.15, 0.2) is 11.5 Å². The van der Waals surface area contributed by atoms with Crippen LogP contribution in [-0.2, 0) is 6.42 Å². The average Bonchev–Trinajstić information content (AvgIpc) is 2.53. The van der Waals surface area contributed by atoms with Crippen molar-refractivity contribution in [3.8, 4) is 11.5 Å². The highest BCUT2D eigenvalue weighted by molar-refractivity contribution is 5.85. The Balaban J connectivity index is 0.00000161. The first-order valence-corrected chi connectivity index (χ1v) is 6.97. The third-order valence-electron chi connectivity index (χ3n) is 3.60. The van der Waals surface area contributed by atoms with Crippen LogP contribution in [0.1, 0.15) is 17.2 Å². The van der Waals surface area contributed by atoms with E-state index in [1.807, 2.05) is 19.2 Å². The number of hydrogen-bond acceptors (Lipinski definition) is 3. The molecule has 4 heteroatoms. The second kappa shape index (κ2) is 7.34. The van der Waals surface area contributed by atoms with Crippen molar-refractivity contribution >= 4 is 12.4 Å². The van der Waals surface area contributed by atoms with Gasteiger partial charge >= 0.3 is 0 Å². The van der Waals surface area contributed by atoms with Crippen LogP contribution in [0, 0.1) is 0 Å². The molecule has 1 aliphatic rings. The lowest BCUT2D eigenvalue weighted by Crippen LogP contribution is -2.20. The molecule has 0 spiro atoms. The summed E-state index contributed by atoms with van der Waals surface area (Å²) in [6, 6.07) is 17.0. The van der Waals surface area contributed by atoms with Crippen LogP contribution in [0.3, 0.4) is 0 Å². The maximum atomic E-state index is 5.66. The molecule has 0 saturated heterocycles. The molecule has 0 bridgehead atoms. The molecule has 1 aliphatic heterocycles. The van der Waals surface area contributed by atoms with E-state index in [1.54, 1.807) is 0 Å². The standard InChI is InChI=1S/C17H19NO2.ClH/c1-18-15(11-13-5-3-2-4-6-13)14-7-8-16-17(12-14)20-10-9-19-16;/h2-8,12,15,18H,9-11H2,1H3;1H. The SMILES string of the molecule is CNC(Cc1ccccc1)c1ccc2c(c1)OCCO2.Cl. The number of hydrogen-bond donors (Lipinski definition) is 1. The lowest BCUT2D eigenvalue weighted by molar-refractivity contribution is 0.171. The van der Waals surface area contributed by atoms with Gasteiger partial charge in [-0.2, -0.15) is 0 Å². The summed E-state index contributed by atoms with van der Waals surface area (Å²) in [5.41, 5.74) is 2.54. The van der Waals surface area contributed by atoms with Crippen molar-refractivity contribution in [3.63, 3.8) is 0 Å². The summed E-state index contributed by atoms with van der Waals surface area (Å²) in [4.78, 5) is 0. The summed E-state index contributed by atoms with van der Waals surface area (Å²) in [6.45, 7) is 1.26. The van der Waals surface area contributed by atoms with Gasteiger partial charge in [0.05, 0.1) is 0 Å². The second-order valence-corrected chi connectivity index (χ2v) is 4.93. The molecular weight excluding hydrogens is 286 g/mol. The van der Waals surface area contributed by atoms with E-state index in [1.165, 1.54) is 11.1 Å². The number of halogens is 1. The van der Waals surface area contributed by atoms with Crippen LogP contribution in [-0.4, -0.2) is 20.3 Å². The Morgan fingerprint density at radius 1 is 1.00 bits per heavy atom.